The van der Waals surface area contributed by atoms with Gasteiger partial charge in [0.2, 0.25) is 0 Å². The molecule has 0 N–H and O–H groups in total. The summed E-state index contributed by atoms with van der Waals surface area (Å²) in [5.74, 6) is 0. The van der Waals surface area contributed by atoms with Gasteiger partial charge in [-0.15, -0.1) is 11.6 Å². The summed E-state index contributed by atoms with van der Waals surface area (Å²) < 4.78 is 0. The molecule has 0 heterocycles. The Balaban J connectivity index is 0.00000180. The molecule has 0 bridgehead atoms. The topological polar surface area (TPSA) is 0 Å². The molecule has 0 amide bonds. The summed E-state index contributed by atoms with van der Waals surface area (Å²) in [5.41, 5.74) is 1.48. The zero-order valence-corrected chi connectivity index (χ0v) is 13.1. The molecule has 92 valence electrons. The third-order valence-electron chi connectivity index (χ3n) is 3.19. The first-order chi connectivity index (χ1) is 8.81. The molecule has 2 heteroatoms. The third kappa shape index (κ3) is 4.54. The molecule has 2 aromatic carbocycles. The Morgan fingerprint density at radius 3 is 1.68 bits per heavy atom. The average molecular weight is 258 g/mol. The average Bonchev–Trinajstić information content (AvgIpc) is 2.46. The van der Waals surface area contributed by atoms with Gasteiger partial charge in [0, 0.05) is 0 Å². The number of hydrogen-bond donors (Lipinski definition) is 0. The van der Waals surface area contributed by atoms with Gasteiger partial charge in [-0.05, 0) is 13.8 Å². The Morgan fingerprint density at radius 1 is 0.895 bits per heavy atom. The molecule has 0 aliphatic rings. The predicted molar refractivity (Wildman–Crippen MR) is 82.1 cm³/mol. The number of allylic oxidation sites excluding steroid dienone is 2. The predicted octanol–water partition coefficient (Wildman–Crippen LogP) is 0.266. The molecule has 0 aliphatic carbocycles. The molecule has 0 aliphatic heterocycles. The Bertz CT molecular complexity index is 466. The first-order valence-corrected chi connectivity index (χ1v) is 8.10. The second-order valence-corrected chi connectivity index (χ2v) is 6.99. The van der Waals surface area contributed by atoms with Crippen molar-refractivity contribution in [1.29, 1.82) is 0 Å². The standard InChI is InChI=1S/C17H19Si.Li/c1-3-15(2)14-18(16-10-6-4-7-11-16)17-12-8-5-9-13-17;/h3-13H,14H2,1-2H3;/q-1;+1/b15-3+;. The van der Waals surface area contributed by atoms with Crippen LogP contribution in [0.5, 0.6) is 0 Å². The van der Waals surface area contributed by atoms with E-state index in [0.29, 0.717) is 0 Å². The summed E-state index contributed by atoms with van der Waals surface area (Å²) in [6, 6.07) is 23.0. The molecule has 0 nitrogen and oxygen atoms in total. The van der Waals surface area contributed by atoms with E-state index in [2.05, 4.69) is 80.6 Å². The largest absolute Gasteiger partial charge is 1.00 e. The quantitative estimate of drug-likeness (QED) is 0.545. The Labute approximate surface area is 130 Å². The molecule has 0 radical (unpaired) electrons. The first-order valence-electron chi connectivity index (χ1n) is 6.39. The number of rotatable bonds is 4. The molecule has 0 fully saturated rings. The molecule has 0 spiro atoms. The Morgan fingerprint density at radius 2 is 1.32 bits per heavy atom. The molecule has 0 atom stereocenters. The van der Waals surface area contributed by atoms with Crippen molar-refractivity contribution in [3.8, 4) is 0 Å². The van der Waals surface area contributed by atoms with Gasteiger partial charge < -0.3 is 0 Å². The van der Waals surface area contributed by atoms with Crippen LogP contribution in [0, 0.1) is 0 Å². The van der Waals surface area contributed by atoms with E-state index in [1.165, 1.54) is 22.0 Å². The van der Waals surface area contributed by atoms with E-state index in [-0.39, 0.29) is 18.9 Å². The third-order valence-corrected chi connectivity index (χ3v) is 6.16. The van der Waals surface area contributed by atoms with Gasteiger partial charge in [-0.1, -0.05) is 66.7 Å². The fraction of sp³-hybridized carbons (Fsp3) is 0.176. The zero-order valence-electron chi connectivity index (χ0n) is 12.1. The van der Waals surface area contributed by atoms with Crippen LogP contribution in [0.4, 0.5) is 0 Å². The van der Waals surface area contributed by atoms with Gasteiger partial charge in [-0.2, -0.15) is 10.4 Å². The van der Waals surface area contributed by atoms with Crippen molar-refractivity contribution in [2.24, 2.45) is 0 Å². The molecule has 0 saturated carbocycles. The van der Waals surface area contributed by atoms with Crippen molar-refractivity contribution in [1.82, 2.24) is 0 Å². The molecule has 2 aromatic rings. The maximum atomic E-state index is 2.27. The van der Waals surface area contributed by atoms with E-state index in [1.54, 1.807) is 0 Å². The van der Waals surface area contributed by atoms with E-state index in [4.69, 9.17) is 0 Å². The molecule has 0 aromatic heterocycles. The van der Waals surface area contributed by atoms with Crippen LogP contribution < -0.4 is 29.2 Å². The van der Waals surface area contributed by atoms with Crippen LogP contribution in [-0.4, -0.2) is 8.80 Å². The number of hydrogen-bond acceptors (Lipinski definition) is 0. The van der Waals surface area contributed by atoms with Gasteiger partial charge in [0.15, 0.2) is 0 Å². The van der Waals surface area contributed by atoms with Gasteiger partial charge in [-0.3, -0.25) is 0 Å². The van der Waals surface area contributed by atoms with Crippen LogP contribution in [0.3, 0.4) is 0 Å². The van der Waals surface area contributed by atoms with E-state index in [1.807, 2.05) is 0 Å². The van der Waals surface area contributed by atoms with Gasteiger partial charge >= 0.3 is 18.9 Å². The van der Waals surface area contributed by atoms with Crippen molar-refractivity contribution in [3.63, 3.8) is 0 Å². The molecule has 0 unspecified atom stereocenters. The van der Waals surface area contributed by atoms with Gasteiger partial charge in [0.05, 0.1) is 0 Å². The molecule has 2 rings (SSSR count). The maximum absolute atomic E-state index is 2.27. The second kappa shape index (κ2) is 8.22. The Kier molecular flexibility index (Phi) is 6.95. The summed E-state index contributed by atoms with van der Waals surface area (Å²) in [6.07, 6.45) is 2.23. The molecule has 0 saturated heterocycles. The summed E-state index contributed by atoms with van der Waals surface area (Å²) in [7, 11) is -0.679. The van der Waals surface area contributed by atoms with Crippen LogP contribution in [0.2, 0.25) is 6.04 Å². The van der Waals surface area contributed by atoms with Gasteiger partial charge in [0.1, 0.15) is 0 Å². The van der Waals surface area contributed by atoms with Gasteiger partial charge in [-0.25, -0.2) is 8.80 Å². The first kappa shape index (κ1) is 16.0. The van der Waals surface area contributed by atoms with E-state index >= 15 is 0 Å². The van der Waals surface area contributed by atoms with Crippen LogP contribution >= 0.6 is 0 Å². The van der Waals surface area contributed by atoms with Crippen LogP contribution in [0.25, 0.3) is 0 Å². The SMILES string of the molecule is C/C=C(\C)C[Si-](c1ccccc1)c1ccccc1.[Li+]. The van der Waals surface area contributed by atoms with Crippen molar-refractivity contribution < 1.29 is 18.9 Å². The summed E-state index contributed by atoms with van der Waals surface area (Å²) >= 11 is 0. The summed E-state index contributed by atoms with van der Waals surface area (Å²) in [5, 5.41) is 2.99. The maximum Gasteiger partial charge on any atom is 1.00 e. The molecule has 19 heavy (non-hydrogen) atoms. The normalized spacial score (nSPS) is 10.7. The minimum Gasteiger partial charge on any atom is -0.247 e. The number of benzene rings is 2. The van der Waals surface area contributed by atoms with Crippen LogP contribution in [0.1, 0.15) is 13.8 Å². The Hall–Kier alpha value is -1.01. The summed E-state index contributed by atoms with van der Waals surface area (Å²) in [6.45, 7) is 4.36. The van der Waals surface area contributed by atoms with E-state index in [9.17, 15) is 0 Å². The minimum absolute atomic E-state index is 0. The minimum atomic E-state index is -0.679. The van der Waals surface area contributed by atoms with E-state index in [0.717, 1.165) is 0 Å². The van der Waals surface area contributed by atoms with Crippen molar-refractivity contribution in [2.75, 3.05) is 0 Å². The fourth-order valence-corrected chi connectivity index (χ4v) is 4.72. The van der Waals surface area contributed by atoms with Crippen molar-refractivity contribution in [2.45, 2.75) is 19.9 Å². The monoisotopic (exact) mass is 258 g/mol. The van der Waals surface area contributed by atoms with Crippen molar-refractivity contribution in [3.05, 3.63) is 72.3 Å². The summed E-state index contributed by atoms with van der Waals surface area (Å²) in [4.78, 5) is 0. The fourth-order valence-electron chi connectivity index (χ4n) is 2.03. The zero-order chi connectivity index (χ0) is 12.8. The van der Waals surface area contributed by atoms with Crippen LogP contribution in [-0.2, 0) is 0 Å². The van der Waals surface area contributed by atoms with Crippen molar-refractivity contribution >= 4 is 19.2 Å². The van der Waals surface area contributed by atoms with E-state index < -0.39 is 8.80 Å². The molecular weight excluding hydrogens is 239 g/mol. The second-order valence-electron chi connectivity index (χ2n) is 4.52. The van der Waals surface area contributed by atoms with Crippen LogP contribution in [0.15, 0.2) is 72.3 Å². The molecular formula is C17H19LiSi. The van der Waals surface area contributed by atoms with Gasteiger partial charge in [0.25, 0.3) is 0 Å². The smallest absolute Gasteiger partial charge is 0.247 e.